The van der Waals surface area contributed by atoms with Gasteiger partial charge in [-0.2, -0.15) is 5.10 Å². The number of nitro groups is 1. The number of carbonyl (C=O) groups excluding carboxylic acids is 1. The van der Waals surface area contributed by atoms with Gasteiger partial charge in [0.05, 0.1) is 11.5 Å². The van der Waals surface area contributed by atoms with Crippen molar-refractivity contribution in [2.75, 3.05) is 6.61 Å². The van der Waals surface area contributed by atoms with Crippen LogP contribution < -0.4 is 9.47 Å². The van der Waals surface area contributed by atoms with Gasteiger partial charge in [-0.25, -0.2) is 9.67 Å². The molecule has 0 amide bonds. The number of benzene rings is 2. The molecular formula is C25H23N5O5. The van der Waals surface area contributed by atoms with E-state index in [0.29, 0.717) is 35.9 Å². The predicted molar refractivity (Wildman–Crippen MR) is 127 cm³/mol. The molecule has 1 unspecified atom stereocenters. The SMILES string of the molecule is Cc1cc(C(=O)Cn2cnc(-c3cccc([N+](=O)[O-])c3)n2)c(C)n1CC1COc2ccccc2O1. The fraction of sp³-hybridized carbons (Fsp3) is 0.240. The summed E-state index contributed by atoms with van der Waals surface area (Å²) in [5.74, 6) is 1.67. The maximum absolute atomic E-state index is 13.1. The molecule has 0 aliphatic carbocycles. The highest BCUT2D eigenvalue weighted by Gasteiger charge is 2.24. The molecule has 2 aromatic carbocycles. The second-order valence-electron chi connectivity index (χ2n) is 8.39. The molecule has 0 saturated heterocycles. The number of rotatable bonds is 7. The quantitative estimate of drug-likeness (QED) is 0.226. The highest BCUT2D eigenvalue weighted by Crippen LogP contribution is 2.31. The van der Waals surface area contributed by atoms with Gasteiger partial charge in [-0.15, -0.1) is 0 Å². The Balaban J connectivity index is 1.29. The fourth-order valence-electron chi connectivity index (χ4n) is 4.22. The Kier molecular flexibility index (Phi) is 5.77. The second-order valence-corrected chi connectivity index (χ2v) is 8.39. The molecule has 178 valence electrons. The Bertz CT molecular complexity index is 1420. The van der Waals surface area contributed by atoms with Crippen molar-refractivity contribution in [3.63, 3.8) is 0 Å². The second kappa shape index (κ2) is 9.05. The summed E-state index contributed by atoms with van der Waals surface area (Å²) in [5.41, 5.74) is 2.86. The molecule has 0 saturated carbocycles. The molecule has 0 fully saturated rings. The van der Waals surface area contributed by atoms with E-state index in [1.54, 1.807) is 12.1 Å². The van der Waals surface area contributed by atoms with E-state index in [-0.39, 0.29) is 24.1 Å². The molecule has 1 aliphatic rings. The Hall–Kier alpha value is -4.47. The number of hydrogen-bond acceptors (Lipinski definition) is 7. The lowest BCUT2D eigenvalue weighted by atomic mass is 10.1. The van der Waals surface area contributed by atoms with Crippen LogP contribution in [0.4, 0.5) is 5.69 Å². The summed E-state index contributed by atoms with van der Waals surface area (Å²) in [4.78, 5) is 27.9. The number of ether oxygens (including phenoxy) is 2. The number of aromatic nitrogens is 4. The Morgan fingerprint density at radius 3 is 2.74 bits per heavy atom. The Labute approximate surface area is 200 Å². The summed E-state index contributed by atoms with van der Waals surface area (Å²) in [6, 6.07) is 15.5. The zero-order valence-electron chi connectivity index (χ0n) is 19.2. The first-order chi connectivity index (χ1) is 16.9. The number of non-ortho nitro benzene ring substituents is 1. The molecule has 35 heavy (non-hydrogen) atoms. The minimum Gasteiger partial charge on any atom is -0.486 e. The molecular weight excluding hydrogens is 450 g/mol. The number of Topliss-reactive ketones (excluding diaryl/α,β-unsaturated/α-hetero) is 1. The van der Waals surface area contributed by atoms with Crippen LogP contribution in [0.2, 0.25) is 0 Å². The van der Waals surface area contributed by atoms with Crippen LogP contribution in [0.5, 0.6) is 11.5 Å². The minimum absolute atomic E-state index is 0.00261. The van der Waals surface area contributed by atoms with E-state index < -0.39 is 4.92 Å². The summed E-state index contributed by atoms with van der Waals surface area (Å²) in [6.45, 7) is 4.85. The lowest BCUT2D eigenvalue weighted by Crippen LogP contribution is -2.33. The predicted octanol–water partition coefficient (Wildman–Crippen LogP) is 3.99. The van der Waals surface area contributed by atoms with Crippen LogP contribution in [0.3, 0.4) is 0 Å². The molecule has 5 rings (SSSR count). The molecule has 0 bridgehead atoms. The van der Waals surface area contributed by atoms with Gasteiger partial charge in [0.2, 0.25) is 0 Å². The molecule has 4 aromatic rings. The standard InChI is InChI=1S/C25H23N5O5/c1-16-10-21(17(2)29(16)12-20-14-34-23-8-3-4-9-24(23)35-20)22(31)13-28-15-26-25(27-28)18-6-5-7-19(11-18)30(32)33/h3-11,15,20H,12-14H2,1-2H3. The van der Waals surface area contributed by atoms with Crippen molar-refractivity contribution in [2.45, 2.75) is 33.0 Å². The lowest BCUT2D eigenvalue weighted by molar-refractivity contribution is -0.384. The van der Waals surface area contributed by atoms with Crippen LogP contribution in [0, 0.1) is 24.0 Å². The van der Waals surface area contributed by atoms with E-state index in [0.717, 1.165) is 17.1 Å². The lowest BCUT2D eigenvalue weighted by Gasteiger charge is -2.27. The van der Waals surface area contributed by atoms with Gasteiger partial charge in [-0.1, -0.05) is 24.3 Å². The number of nitro benzene ring substituents is 1. The molecule has 0 radical (unpaired) electrons. The van der Waals surface area contributed by atoms with E-state index in [2.05, 4.69) is 14.6 Å². The number of para-hydroxylation sites is 2. The van der Waals surface area contributed by atoms with Crippen molar-refractivity contribution in [3.8, 4) is 22.9 Å². The van der Waals surface area contributed by atoms with Gasteiger partial charge in [0.25, 0.3) is 5.69 Å². The van der Waals surface area contributed by atoms with E-state index in [9.17, 15) is 14.9 Å². The molecule has 0 N–H and O–H groups in total. The number of ketones is 1. The van der Waals surface area contributed by atoms with Gasteiger partial charge in [0.1, 0.15) is 19.5 Å². The van der Waals surface area contributed by atoms with Crippen LogP contribution in [0.15, 0.2) is 60.9 Å². The smallest absolute Gasteiger partial charge is 0.270 e. The molecule has 3 heterocycles. The maximum atomic E-state index is 13.1. The van der Waals surface area contributed by atoms with E-state index >= 15 is 0 Å². The van der Waals surface area contributed by atoms with Crippen LogP contribution in [0.25, 0.3) is 11.4 Å². The van der Waals surface area contributed by atoms with Gasteiger partial charge in [-0.3, -0.25) is 14.9 Å². The minimum atomic E-state index is -0.469. The third kappa shape index (κ3) is 4.50. The summed E-state index contributed by atoms with van der Waals surface area (Å²) in [5, 5.41) is 15.4. The van der Waals surface area contributed by atoms with Crippen molar-refractivity contribution >= 4 is 11.5 Å². The highest BCUT2D eigenvalue weighted by atomic mass is 16.6. The van der Waals surface area contributed by atoms with Crippen molar-refractivity contribution in [2.24, 2.45) is 0 Å². The highest BCUT2D eigenvalue weighted by molar-refractivity contribution is 5.97. The summed E-state index contributed by atoms with van der Waals surface area (Å²) >= 11 is 0. The van der Waals surface area contributed by atoms with E-state index in [1.807, 2.05) is 44.2 Å². The van der Waals surface area contributed by atoms with Crippen molar-refractivity contribution in [1.82, 2.24) is 19.3 Å². The third-order valence-corrected chi connectivity index (χ3v) is 5.99. The molecule has 0 spiro atoms. The number of nitrogens with zero attached hydrogens (tertiary/aromatic N) is 5. The first kappa shape index (κ1) is 22.3. The first-order valence-electron chi connectivity index (χ1n) is 11.1. The average molecular weight is 473 g/mol. The zero-order chi connectivity index (χ0) is 24.5. The fourth-order valence-corrected chi connectivity index (χ4v) is 4.22. The largest absolute Gasteiger partial charge is 0.486 e. The monoisotopic (exact) mass is 473 g/mol. The van der Waals surface area contributed by atoms with Crippen molar-refractivity contribution in [1.29, 1.82) is 0 Å². The van der Waals surface area contributed by atoms with Crippen LogP contribution in [-0.2, 0) is 13.1 Å². The number of hydrogen-bond donors (Lipinski definition) is 0. The van der Waals surface area contributed by atoms with Crippen molar-refractivity contribution < 1.29 is 19.2 Å². The third-order valence-electron chi connectivity index (χ3n) is 5.99. The zero-order valence-corrected chi connectivity index (χ0v) is 19.2. The average Bonchev–Trinajstić information content (AvgIpc) is 3.44. The maximum Gasteiger partial charge on any atom is 0.270 e. The molecule has 1 atom stereocenters. The normalized spacial score (nSPS) is 14.6. The van der Waals surface area contributed by atoms with Gasteiger partial charge in [0, 0.05) is 34.6 Å². The van der Waals surface area contributed by atoms with E-state index in [4.69, 9.17) is 9.47 Å². The van der Waals surface area contributed by atoms with Crippen LogP contribution in [-0.4, -0.2) is 42.7 Å². The summed E-state index contributed by atoms with van der Waals surface area (Å²) in [7, 11) is 0. The molecule has 10 heteroatoms. The number of fused-ring (bicyclic) bond motifs is 1. The Morgan fingerprint density at radius 1 is 1.14 bits per heavy atom. The molecule has 1 aliphatic heterocycles. The molecule has 10 nitrogen and oxygen atoms in total. The van der Waals surface area contributed by atoms with Gasteiger partial charge >= 0.3 is 0 Å². The van der Waals surface area contributed by atoms with Gasteiger partial charge in [-0.05, 0) is 32.0 Å². The van der Waals surface area contributed by atoms with Crippen LogP contribution >= 0.6 is 0 Å². The summed E-state index contributed by atoms with van der Waals surface area (Å²) in [6.07, 6.45) is 1.28. The molecule has 2 aromatic heterocycles. The number of aryl methyl sites for hydroxylation is 1. The van der Waals surface area contributed by atoms with Gasteiger partial charge in [0.15, 0.2) is 29.2 Å². The van der Waals surface area contributed by atoms with E-state index in [1.165, 1.54) is 23.1 Å². The van der Waals surface area contributed by atoms with Crippen LogP contribution in [0.1, 0.15) is 21.7 Å². The Morgan fingerprint density at radius 2 is 1.94 bits per heavy atom. The summed E-state index contributed by atoms with van der Waals surface area (Å²) < 4.78 is 15.4. The van der Waals surface area contributed by atoms with Crippen molar-refractivity contribution in [3.05, 3.63) is 88.0 Å². The first-order valence-corrected chi connectivity index (χ1v) is 11.1. The van der Waals surface area contributed by atoms with Gasteiger partial charge < -0.3 is 14.0 Å². The number of carbonyl (C=O) groups is 1. The topological polar surface area (TPSA) is 114 Å².